The van der Waals surface area contributed by atoms with E-state index in [4.69, 9.17) is 0 Å². The summed E-state index contributed by atoms with van der Waals surface area (Å²) < 4.78 is 0. The van der Waals surface area contributed by atoms with Gasteiger partial charge in [0.25, 0.3) is 0 Å². The van der Waals surface area contributed by atoms with Crippen LogP contribution in [0.2, 0.25) is 0 Å². The van der Waals surface area contributed by atoms with E-state index in [0.29, 0.717) is 32.7 Å². The molecule has 16 heteroatoms. The molecule has 0 atom stereocenters. The lowest BCUT2D eigenvalue weighted by Crippen LogP contribution is -2.43. The van der Waals surface area contributed by atoms with Gasteiger partial charge in [0.2, 0.25) is 0 Å². The maximum Gasteiger partial charge on any atom is 0.0892 e. The first-order valence-corrected chi connectivity index (χ1v) is 14.1. The highest BCUT2D eigenvalue weighted by molar-refractivity contribution is 4.70. The quantitative estimate of drug-likeness (QED) is 0.0976. The van der Waals surface area contributed by atoms with Crippen molar-refractivity contribution in [2.75, 3.05) is 32.7 Å². The molecule has 0 radical (unpaired) electrons. The molecule has 0 aliphatic carbocycles. The summed E-state index contributed by atoms with van der Waals surface area (Å²) in [5, 5.41) is 77.1. The van der Waals surface area contributed by atoms with Gasteiger partial charge in [-0.25, -0.2) is 0 Å². The van der Waals surface area contributed by atoms with Gasteiger partial charge in [-0.05, 0) is 83.6 Å². The van der Waals surface area contributed by atoms with Crippen LogP contribution < -0.4 is 5.32 Å². The Hall–Kier alpha value is -3.04. The van der Waals surface area contributed by atoms with E-state index in [-0.39, 0.29) is 32.5 Å². The monoisotopic (exact) mass is 579 g/mol. The lowest BCUT2D eigenvalue weighted by molar-refractivity contribution is -0.697. The van der Waals surface area contributed by atoms with Gasteiger partial charge in [0.05, 0.1) is 38.3 Å². The topological polar surface area (TPSA) is 206 Å². The summed E-state index contributed by atoms with van der Waals surface area (Å²) in [5.74, 6) is 0. The van der Waals surface area contributed by atoms with Gasteiger partial charge in [0, 0.05) is 27.0 Å². The second kappa shape index (κ2) is 25.0. The highest BCUT2D eigenvalue weighted by atomic mass is 16.6. The smallest absolute Gasteiger partial charge is 0.0892 e. The van der Waals surface area contributed by atoms with Crippen LogP contribution in [0.25, 0.3) is 0 Å². The van der Waals surface area contributed by atoms with Crippen molar-refractivity contribution in [3.63, 3.8) is 0 Å². The third-order valence-corrected chi connectivity index (χ3v) is 5.28. The van der Waals surface area contributed by atoms with E-state index in [1.165, 1.54) is 21.4 Å². The molecule has 16 nitrogen and oxygen atoms in total. The summed E-state index contributed by atoms with van der Waals surface area (Å²) >= 11 is 0. The first-order chi connectivity index (χ1) is 18.7. The minimum absolute atomic E-state index is 0.0141. The Morgan fingerprint density at radius 1 is 0.625 bits per heavy atom. The maximum absolute atomic E-state index is 11.0. The Morgan fingerprint density at radius 3 is 1.43 bits per heavy atom. The summed E-state index contributed by atoms with van der Waals surface area (Å²) in [6.45, 7) is 22.4. The molecule has 0 aliphatic heterocycles. The Labute approximate surface area is 240 Å². The van der Waals surface area contributed by atoms with E-state index < -0.39 is 0 Å². The lowest BCUT2D eigenvalue weighted by atomic mass is 10.1. The Kier molecular flexibility index (Phi) is 25.9. The van der Waals surface area contributed by atoms with E-state index in [1.54, 1.807) is 0 Å². The van der Waals surface area contributed by atoms with Crippen LogP contribution in [0, 0.1) is 31.2 Å². The van der Waals surface area contributed by atoms with Crippen molar-refractivity contribution in [1.82, 2.24) is 20.3 Å². The van der Waals surface area contributed by atoms with Gasteiger partial charge in [-0.3, -0.25) is 0 Å². The van der Waals surface area contributed by atoms with Crippen LogP contribution in [-0.4, -0.2) is 80.3 Å². The summed E-state index contributed by atoms with van der Waals surface area (Å²) in [6, 6.07) is 0.0389. The number of nitrogens with one attached hydrogen (secondary N) is 1. The van der Waals surface area contributed by atoms with E-state index >= 15 is 0 Å². The molecular formula is C24H55N10O6-3. The standard InChI is InChI=1S/C9H22N4O2.C9H21N3O2.C6H15N3O2/c1-5-7-12(13(15)11-14)8-6-10-9(2,3)4;1-4-5-6-7-8-11(9(2)3)12(14)10-13;1-4-5-8(6(2)3)9(11)7-10/h10,14H,5-8H2,1-4H3;9,13H,4-8H2,1-3H3;6,10H,4-5H2,1-3H3/p-3/b13-11-;12-10-;9-7-. The zero-order valence-electron chi connectivity index (χ0n) is 26.4. The zero-order chi connectivity index (χ0) is 31.7. The third kappa shape index (κ3) is 22.9. The number of hydrogen-bond acceptors (Lipinski definition) is 10. The number of rotatable bonds is 17. The van der Waals surface area contributed by atoms with E-state index in [0.717, 1.165) is 32.1 Å². The summed E-state index contributed by atoms with van der Waals surface area (Å²) in [6.07, 6.45) is 5.98. The Morgan fingerprint density at radius 2 is 1.07 bits per heavy atom. The second-order valence-electron chi connectivity index (χ2n) is 10.7. The predicted molar refractivity (Wildman–Crippen MR) is 156 cm³/mol. The average Bonchev–Trinajstić information content (AvgIpc) is 2.89. The zero-order valence-corrected chi connectivity index (χ0v) is 26.4. The van der Waals surface area contributed by atoms with Crippen LogP contribution >= 0.6 is 0 Å². The Bertz CT molecular complexity index is 688. The molecule has 0 aliphatic rings. The van der Waals surface area contributed by atoms with Gasteiger partial charge >= 0.3 is 0 Å². The van der Waals surface area contributed by atoms with E-state index in [1.807, 2.05) is 62.3 Å². The molecule has 0 spiro atoms. The van der Waals surface area contributed by atoms with Crippen LogP contribution in [-0.2, 0) is 0 Å². The molecule has 0 unspecified atom stereocenters. The maximum atomic E-state index is 11.0. The Balaban J connectivity index is -0.000000520. The van der Waals surface area contributed by atoms with E-state index in [2.05, 4.69) is 28.1 Å². The van der Waals surface area contributed by atoms with Crippen molar-refractivity contribution < 1.29 is 14.9 Å². The fraction of sp³-hybridized carbons (Fsp3) is 1.00. The summed E-state index contributed by atoms with van der Waals surface area (Å²) in [5.41, 5.74) is 0.0141. The van der Waals surface area contributed by atoms with Gasteiger partial charge in [-0.1, -0.05) is 40.0 Å². The first-order valence-electron chi connectivity index (χ1n) is 14.1. The lowest BCUT2D eigenvalue weighted by Gasteiger charge is -2.23. The molecule has 0 heterocycles. The molecule has 0 bridgehead atoms. The molecule has 0 fully saturated rings. The average molecular weight is 580 g/mol. The van der Waals surface area contributed by atoms with Crippen LogP contribution in [0.5, 0.6) is 0 Å². The fourth-order valence-corrected chi connectivity index (χ4v) is 3.26. The molecule has 0 saturated carbocycles. The predicted octanol–water partition coefficient (Wildman–Crippen LogP) is 5.60. The summed E-state index contributed by atoms with van der Waals surface area (Å²) in [7, 11) is 0. The minimum Gasteiger partial charge on any atom is -0.737 e. The van der Waals surface area contributed by atoms with Gasteiger partial charge in [-0.2, -0.15) is 0 Å². The second-order valence-corrected chi connectivity index (χ2v) is 10.7. The van der Waals surface area contributed by atoms with Gasteiger partial charge < -0.3 is 36.6 Å². The largest absolute Gasteiger partial charge is 0.737 e. The molecule has 40 heavy (non-hydrogen) atoms. The molecule has 240 valence electrons. The molecule has 0 saturated heterocycles. The fourth-order valence-electron chi connectivity index (χ4n) is 3.26. The highest BCUT2D eigenvalue weighted by Gasteiger charge is 2.15. The number of hydrazine groups is 3. The van der Waals surface area contributed by atoms with Crippen molar-refractivity contribution in [2.24, 2.45) is 15.8 Å². The molecule has 1 N–H and O–H groups in total. The van der Waals surface area contributed by atoms with Crippen LogP contribution in [0.15, 0.2) is 15.8 Å². The van der Waals surface area contributed by atoms with E-state index in [9.17, 15) is 31.2 Å². The first kappa shape index (κ1) is 41.4. The molecular weight excluding hydrogens is 524 g/mol. The van der Waals surface area contributed by atoms with Gasteiger partial charge in [0.15, 0.2) is 0 Å². The van der Waals surface area contributed by atoms with Crippen LogP contribution in [0.1, 0.15) is 108 Å². The number of unbranched alkanes of at least 4 members (excludes halogenated alkanes) is 3. The van der Waals surface area contributed by atoms with Crippen molar-refractivity contribution in [3.05, 3.63) is 31.2 Å². The normalized spacial score (nSPS) is 12.4. The summed E-state index contributed by atoms with van der Waals surface area (Å²) in [4.78, 5) is 0.374. The number of hydrogen-bond donors (Lipinski definition) is 1. The van der Waals surface area contributed by atoms with Crippen molar-refractivity contribution >= 4 is 0 Å². The van der Waals surface area contributed by atoms with Gasteiger partial charge in [-0.15, -0.1) is 15.0 Å². The molecule has 0 aromatic rings. The van der Waals surface area contributed by atoms with Crippen molar-refractivity contribution in [3.8, 4) is 0 Å². The molecule has 0 aromatic heterocycles. The minimum atomic E-state index is 0.0141. The molecule has 0 rings (SSSR count). The number of nitrogens with zero attached hydrogens (tertiary/aromatic N) is 9. The van der Waals surface area contributed by atoms with Crippen LogP contribution in [0.3, 0.4) is 0 Å². The third-order valence-electron chi connectivity index (χ3n) is 5.28. The van der Waals surface area contributed by atoms with Crippen LogP contribution in [0.4, 0.5) is 0 Å². The molecule has 0 aromatic carbocycles. The molecule has 0 amide bonds. The van der Waals surface area contributed by atoms with Gasteiger partial charge in [0.1, 0.15) is 0 Å². The van der Waals surface area contributed by atoms with Crippen molar-refractivity contribution in [2.45, 2.75) is 125 Å². The highest BCUT2D eigenvalue weighted by Crippen LogP contribution is 2.05. The SMILES string of the molecule is CCCCCCN(C(C)C)/[N+]([O-])=N/[O-].CCCN(C(C)C)/[N+]([O-])=N/[O-].CCCN(CCNC(C)(C)C)/[N+]([O-])=N/[O-]. The van der Waals surface area contributed by atoms with Crippen molar-refractivity contribution in [1.29, 1.82) is 0 Å².